The molecule has 0 saturated heterocycles. The summed E-state index contributed by atoms with van der Waals surface area (Å²) in [5.41, 5.74) is -0.226. The zero-order valence-electron chi connectivity index (χ0n) is 17.9. The molecule has 9 heteroatoms. The molecule has 1 aromatic heterocycles. The van der Waals surface area contributed by atoms with Gasteiger partial charge >= 0.3 is 0 Å². The number of imidazole rings is 1. The first kappa shape index (κ1) is 21.9. The molecule has 6 nitrogen and oxygen atoms in total. The molecule has 4 bridgehead atoms. The van der Waals surface area contributed by atoms with Gasteiger partial charge in [0.2, 0.25) is 9.84 Å². The monoisotopic (exact) mass is 480 g/mol. The van der Waals surface area contributed by atoms with Gasteiger partial charge in [0.05, 0.1) is 23.5 Å². The van der Waals surface area contributed by atoms with Crippen LogP contribution in [0.15, 0.2) is 29.7 Å². The van der Waals surface area contributed by atoms with E-state index in [0.29, 0.717) is 6.61 Å². The number of hydrogen-bond acceptors (Lipinski definition) is 5. The largest absolute Gasteiger partial charge is 0.491 e. The summed E-state index contributed by atoms with van der Waals surface area (Å²) in [5, 5.41) is -0.120. The summed E-state index contributed by atoms with van der Waals surface area (Å²) in [4.78, 5) is 16.3. The molecule has 4 aliphatic rings. The van der Waals surface area contributed by atoms with Crippen molar-refractivity contribution in [2.45, 2.75) is 43.6 Å². The van der Waals surface area contributed by atoms with Crippen LogP contribution in [0, 0.1) is 29.0 Å². The quantitative estimate of drug-likeness (QED) is 0.546. The van der Waals surface area contributed by atoms with Gasteiger partial charge in [0.1, 0.15) is 17.3 Å². The van der Waals surface area contributed by atoms with Crippen LogP contribution in [0.25, 0.3) is 0 Å². The molecule has 4 saturated carbocycles. The molecule has 4 fully saturated rings. The van der Waals surface area contributed by atoms with Gasteiger partial charge in [0, 0.05) is 24.7 Å². The predicted octanol–water partition coefficient (Wildman–Crippen LogP) is 4.46. The van der Waals surface area contributed by atoms with Crippen LogP contribution in [0.1, 0.15) is 48.9 Å². The molecule has 0 spiro atoms. The van der Waals surface area contributed by atoms with Crippen molar-refractivity contribution < 1.29 is 22.3 Å². The lowest BCUT2D eigenvalue weighted by Gasteiger charge is -2.56. The number of nitrogens with zero attached hydrogens (tertiary/aromatic N) is 2. The Kier molecular flexibility index (Phi) is 5.36. The molecule has 0 unspecified atom stereocenters. The Morgan fingerprint density at radius 2 is 1.84 bits per heavy atom. The second kappa shape index (κ2) is 7.83. The zero-order valence-corrected chi connectivity index (χ0v) is 19.5. The third-order valence-corrected chi connectivity index (χ3v) is 9.13. The van der Waals surface area contributed by atoms with Crippen molar-refractivity contribution >= 4 is 27.2 Å². The van der Waals surface area contributed by atoms with Crippen LogP contribution in [-0.4, -0.2) is 36.1 Å². The molecule has 2 aromatic rings. The number of rotatable bonds is 7. The summed E-state index contributed by atoms with van der Waals surface area (Å²) in [5.74, 6) is -0.0673. The lowest BCUT2D eigenvalue weighted by molar-refractivity contribution is -0.0745. The Balaban J connectivity index is 1.30. The van der Waals surface area contributed by atoms with E-state index >= 15 is 0 Å². The van der Waals surface area contributed by atoms with Crippen molar-refractivity contribution in [2.24, 2.45) is 30.2 Å². The molecule has 6 rings (SSSR count). The Hall–Kier alpha value is -1.93. The van der Waals surface area contributed by atoms with Crippen LogP contribution in [0.5, 0.6) is 5.75 Å². The van der Waals surface area contributed by atoms with E-state index in [4.69, 9.17) is 16.3 Å². The lowest BCUT2D eigenvalue weighted by Crippen LogP contribution is -2.48. The maximum absolute atomic E-state index is 14.8. The van der Waals surface area contributed by atoms with E-state index < -0.39 is 27.2 Å². The Morgan fingerprint density at radius 3 is 2.41 bits per heavy atom. The smallest absolute Gasteiger partial charge is 0.204 e. The second-order valence-corrected chi connectivity index (χ2v) is 12.4. The molecular weight excluding hydrogens is 455 g/mol. The number of ether oxygens (including phenoxy) is 1. The first-order valence-corrected chi connectivity index (χ1v) is 13.0. The number of carbonyl (C=O) groups excluding carboxylic acids is 1. The van der Waals surface area contributed by atoms with Crippen LogP contribution < -0.4 is 4.74 Å². The number of Topliss-reactive ketones (excluding diaryl/α,β-unsaturated/α-hetero) is 1. The van der Waals surface area contributed by atoms with Gasteiger partial charge in [-0.05, 0) is 62.3 Å². The number of aryl methyl sites for hydroxylation is 1. The average molecular weight is 481 g/mol. The summed E-state index contributed by atoms with van der Waals surface area (Å²) in [6.45, 7) is 0.497. The standard InChI is InChI=1S/C23H26ClFN2O4S/c1-27-10-22(26-13-27)32(29,30)11-20(28)17-5-18(24)21(6-19(17)25)31-12-23-7-14-2-15(8-23)4-16(3-14)9-23/h5-6,10,13-16H,2-4,7-9,11-12H2,1H3. The molecule has 0 N–H and O–H groups in total. The van der Waals surface area contributed by atoms with Gasteiger partial charge in [-0.25, -0.2) is 17.8 Å². The highest BCUT2D eigenvalue weighted by molar-refractivity contribution is 7.92. The number of carbonyl (C=O) groups is 1. The third kappa shape index (κ3) is 4.07. The summed E-state index contributed by atoms with van der Waals surface area (Å²) < 4.78 is 47.1. The van der Waals surface area contributed by atoms with Crippen LogP contribution in [0.2, 0.25) is 5.02 Å². The van der Waals surface area contributed by atoms with Gasteiger partial charge in [-0.2, -0.15) is 0 Å². The Morgan fingerprint density at radius 1 is 1.22 bits per heavy atom. The van der Waals surface area contributed by atoms with Gasteiger partial charge in [-0.3, -0.25) is 4.79 Å². The van der Waals surface area contributed by atoms with Crippen molar-refractivity contribution in [3.8, 4) is 5.75 Å². The number of sulfone groups is 1. The molecule has 0 radical (unpaired) electrons. The molecule has 4 aliphatic carbocycles. The summed E-state index contributed by atoms with van der Waals surface area (Å²) in [6.07, 6.45) is 10.1. The number of ketones is 1. The van der Waals surface area contributed by atoms with Crippen molar-refractivity contribution in [3.05, 3.63) is 41.1 Å². The number of hydrogen-bond donors (Lipinski definition) is 0. The number of benzene rings is 1. The van der Waals surface area contributed by atoms with Gasteiger partial charge in [0.15, 0.2) is 10.8 Å². The maximum atomic E-state index is 14.8. The topological polar surface area (TPSA) is 78.3 Å². The van der Waals surface area contributed by atoms with Crippen molar-refractivity contribution in [2.75, 3.05) is 12.4 Å². The Labute approximate surface area is 192 Å². The minimum Gasteiger partial charge on any atom is -0.491 e. The zero-order chi connectivity index (χ0) is 22.7. The SMILES string of the molecule is Cn1cnc(S(=O)(=O)CC(=O)c2cc(Cl)c(OCC34CC5CC(CC(C5)C3)C4)cc2F)c1. The fraction of sp³-hybridized carbons (Fsp3) is 0.565. The van der Waals surface area contributed by atoms with Gasteiger partial charge in [0.25, 0.3) is 0 Å². The van der Waals surface area contributed by atoms with Crippen molar-refractivity contribution in [1.29, 1.82) is 0 Å². The molecule has 0 aliphatic heterocycles. The van der Waals surface area contributed by atoms with Gasteiger partial charge < -0.3 is 9.30 Å². The first-order chi connectivity index (χ1) is 15.1. The van der Waals surface area contributed by atoms with E-state index in [0.717, 1.165) is 43.1 Å². The van der Waals surface area contributed by atoms with E-state index in [9.17, 15) is 17.6 Å². The maximum Gasteiger partial charge on any atom is 0.204 e. The molecule has 0 atom stereocenters. The predicted molar refractivity (Wildman–Crippen MR) is 117 cm³/mol. The van der Waals surface area contributed by atoms with E-state index in [2.05, 4.69) is 4.98 Å². The molecule has 0 amide bonds. The highest BCUT2D eigenvalue weighted by atomic mass is 35.5. The molecule has 32 heavy (non-hydrogen) atoms. The van der Waals surface area contributed by atoms with Crippen LogP contribution in [0.3, 0.4) is 0 Å². The third-order valence-electron chi connectivity index (χ3n) is 7.34. The fourth-order valence-electron chi connectivity index (χ4n) is 6.42. The molecule has 1 aromatic carbocycles. The van der Waals surface area contributed by atoms with E-state index in [1.165, 1.54) is 42.4 Å². The average Bonchev–Trinajstić information content (AvgIpc) is 3.14. The molecule has 1 heterocycles. The lowest BCUT2D eigenvalue weighted by atomic mass is 9.50. The normalized spacial score (nSPS) is 28.8. The minimum absolute atomic E-state index is 0.106. The van der Waals surface area contributed by atoms with E-state index in [1.807, 2.05) is 0 Å². The van der Waals surface area contributed by atoms with E-state index in [1.54, 1.807) is 7.05 Å². The first-order valence-electron chi connectivity index (χ1n) is 11.0. The number of halogens is 2. The van der Waals surface area contributed by atoms with Crippen LogP contribution in [0.4, 0.5) is 4.39 Å². The fourth-order valence-corrected chi connectivity index (χ4v) is 7.83. The summed E-state index contributed by atoms with van der Waals surface area (Å²) in [7, 11) is -2.36. The molecule has 172 valence electrons. The highest BCUT2D eigenvalue weighted by Crippen LogP contribution is 2.60. The molecular formula is C23H26ClFN2O4S. The van der Waals surface area contributed by atoms with E-state index in [-0.39, 0.29) is 26.8 Å². The number of aromatic nitrogens is 2. The Bertz CT molecular complexity index is 1140. The van der Waals surface area contributed by atoms with Gasteiger partial charge in [-0.15, -0.1) is 0 Å². The van der Waals surface area contributed by atoms with Crippen LogP contribution >= 0.6 is 11.6 Å². The van der Waals surface area contributed by atoms with Gasteiger partial charge in [-0.1, -0.05) is 11.6 Å². The summed E-state index contributed by atoms with van der Waals surface area (Å²) >= 11 is 6.31. The second-order valence-electron chi connectivity index (χ2n) is 10.0. The highest BCUT2D eigenvalue weighted by Gasteiger charge is 2.51. The van der Waals surface area contributed by atoms with Crippen LogP contribution in [-0.2, 0) is 16.9 Å². The van der Waals surface area contributed by atoms with Crippen molar-refractivity contribution in [1.82, 2.24) is 9.55 Å². The minimum atomic E-state index is -3.99. The summed E-state index contributed by atoms with van der Waals surface area (Å²) in [6, 6.07) is 2.27. The van der Waals surface area contributed by atoms with Crippen molar-refractivity contribution in [3.63, 3.8) is 0 Å².